The Kier molecular flexibility index (Phi) is 3.13. The Morgan fingerprint density at radius 2 is 1.92 bits per heavy atom. The van der Waals surface area contributed by atoms with Gasteiger partial charge in [-0.15, -0.1) is 0 Å². The lowest BCUT2D eigenvalue weighted by Crippen LogP contribution is -2.37. The van der Waals surface area contributed by atoms with Gasteiger partial charge in [0.15, 0.2) is 5.78 Å². The van der Waals surface area contributed by atoms with E-state index >= 15 is 0 Å². The molecule has 72 valence electrons. The normalized spacial score (nSPS) is 16.8. The highest BCUT2D eigenvalue weighted by atomic mass is 16.2. The third-order valence-electron chi connectivity index (χ3n) is 1.86. The van der Waals surface area contributed by atoms with Crippen molar-refractivity contribution in [2.45, 2.75) is 12.8 Å². The second kappa shape index (κ2) is 4.13. The van der Waals surface area contributed by atoms with Crippen LogP contribution in [0.4, 0.5) is 0 Å². The zero-order chi connectivity index (χ0) is 9.84. The predicted octanol–water partition coefficient (Wildman–Crippen LogP) is -1.08. The molecular formula is C8H12N2O3. The number of rotatable bonds is 4. The number of nitrogens with one attached hydrogen (secondary N) is 1. The van der Waals surface area contributed by atoms with Crippen molar-refractivity contribution in [1.82, 2.24) is 10.2 Å². The molecule has 0 bridgehead atoms. The van der Waals surface area contributed by atoms with E-state index in [1.54, 1.807) is 7.05 Å². The SMILES string of the molecule is CNCC(=O)CN1C(=O)CCC1=O. The van der Waals surface area contributed by atoms with Crippen LogP contribution in [0.3, 0.4) is 0 Å². The van der Waals surface area contributed by atoms with E-state index in [1.165, 1.54) is 0 Å². The lowest BCUT2D eigenvalue weighted by molar-refractivity contribution is -0.141. The molecule has 0 aromatic heterocycles. The third kappa shape index (κ3) is 2.35. The summed E-state index contributed by atoms with van der Waals surface area (Å²) in [6.07, 6.45) is 0.483. The Hall–Kier alpha value is -1.23. The first-order valence-electron chi connectivity index (χ1n) is 4.14. The van der Waals surface area contributed by atoms with Gasteiger partial charge in [-0.25, -0.2) is 0 Å². The van der Waals surface area contributed by atoms with Crippen LogP contribution >= 0.6 is 0 Å². The van der Waals surface area contributed by atoms with Gasteiger partial charge in [-0.2, -0.15) is 0 Å². The summed E-state index contributed by atoms with van der Waals surface area (Å²) in [6.45, 7) is 0.107. The lowest BCUT2D eigenvalue weighted by Gasteiger charge is -2.11. The second-order valence-corrected chi connectivity index (χ2v) is 2.94. The quantitative estimate of drug-likeness (QED) is 0.565. The molecule has 0 radical (unpaired) electrons. The van der Waals surface area contributed by atoms with Crippen molar-refractivity contribution in [3.05, 3.63) is 0 Å². The Morgan fingerprint density at radius 3 is 2.38 bits per heavy atom. The molecule has 0 unspecified atom stereocenters. The van der Waals surface area contributed by atoms with Gasteiger partial charge in [-0.05, 0) is 7.05 Å². The number of likely N-dealkylation sites (N-methyl/N-ethyl adjacent to an activating group) is 1. The molecule has 5 nitrogen and oxygen atoms in total. The van der Waals surface area contributed by atoms with E-state index in [1.807, 2.05) is 0 Å². The maximum absolute atomic E-state index is 11.1. The lowest BCUT2D eigenvalue weighted by atomic mass is 10.3. The average molecular weight is 184 g/mol. The first kappa shape index (κ1) is 9.85. The highest BCUT2D eigenvalue weighted by molar-refractivity contribution is 6.04. The molecule has 0 atom stereocenters. The predicted molar refractivity (Wildman–Crippen MR) is 44.9 cm³/mol. The Balaban J connectivity index is 2.48. The summed E-state index contributed by atoms with van der Waals surface area (Å²) in [4.78, 5) is 34.2. The van der Waals surface area contributed by atoms with Gasteiger partial charge in [0, 0.05) is 12.8 Å². The van der Waals surface area contributed by atoms with E-state index in [0.29, 0.717) is 0 Å². The molecule has 0 saturated carbocycles. The summed E-state index contributed by atoms with van der Waals surface area (Å²) >= 11 is 0. The fraction of sp³-hybridized carbons (Fsp3) is 0.625. The largest absolute Gasteiger partial charge is 0.313 e. The zero-order valence-electron chi connectivity index (χ0n) is 7.50. The van der Waals surface area contributed by atoms with E-state index in [2.05, 4.69) is 5.32 Å². The minimum atomic E-state index is -0.241. The topological polar surface area (TPSA) is 66.5 Å². The number of carbonyl (C=O) groups is 3. The average Bonchev–Trinajstić information content (AvgIpc) is 2.36. The van der Waals surface area contributed by atoms with Crippen LogP contribution in [0.5, 0.6) is 0 Å². The number of likely N-dealkylation sites (tertiary alicyclic amines) is 1. The zero-order valence-corrected chi connectivity index (χ0v) is 7.50. The van der Waals surface area contributed by atoms with E-state index in [9.17, 15) is 14.4 Å². The van der Waals surface area contributed by atoms with Gasteiger partial charge in [-0.1, -0.05) is 0 Å². The molecule has 13 heavy (non-hydrogen) atoms. The number of imide groups is 1. The van der Waals surface area contributed by atoms with Crippen LogP contribution in [0.2, 0.25) is 0 Å². The van der Waals surface area contributed by atoms with Crippen molar-refractivity contribution in [2.75, 3.05) is 20.1 Å². The fourth-order valence-electron chi connectivity index (χ4n) is 1.23. The van der Waals surface area contributed by atoms with Crippen molar-refractivity contribution >= 4 is 17.6 Å². The van der Waals surface area contributed by atoms with Crippen LogP contribution in [0.1, 0.15) is 12.8 Å². The van der Waals surface area contributed by atoms with Gasteiger partial charge in [0.25, 0.3) is 0 Å². The van der Waals surface area contributed by atoms with Gasteiger partial charge in [0.2, 0.25) is 11.8 Å². The first-order chi connectivity index (χ1) is 6.15. The molecule has 0 aromatic carbocycles. The molecule has 0 aromatic rings. The number of hydrogen-bond acceptors (Lipinski definition) is 4. The molecule has 1 aliphatic heterocycles. The summed E-state index contributed by atoms with van der Waals surface area (Å²) in [5.41, 5.74) is 0. The Morgan fingerprint density at radius 1 is 1.38 bits per heavy atom. The van der Waals surface area contributed by atoms with Crippen molar-refractivity contribution in [2.24, 2.45) is 0 Å². The molecule has 1 fully saturated rings. The first-order valence-corrected chi connectivity index (χ1v) is 4.14. The van der Waals surface area contributed by atoms with Crippen LogP contribution in [0, 0.1) is 0 Å². The molecule has 1 saturated heterocycles. The van der Waals surface area contributed by atoms with Crippen molar-refractivity contribution in [3.8, 4) is 0 Å². The molecule has 1 rings (SSSR count). The van der Waals surface area contributed by atoms with Gasteiger partial charge in [-0.3, -0.25) is 19.3 Å². The van der Waals surface area contributed by atoms with Crippen molar-refractivity contribution in [1.29, 1.82) is 0 Å². The molecule has 0 spiro atoms. The summed E-state index contributed by atoms with van der Waals surface area (Å²) in [5.74, 6) is -0.630. The maximum Gasteiger partial charge on any atom is 0.230 e. The molecule has 1 aliphatic rings. The monoisotopic (exact) mass is 184 g/mol. The van der Waals surface area contributed by atoms with Gasteiger partial charge < -0.3 is 5.32 Å². The number of ketones is 1. The fourth-order valence-corrected chi connectivity index (χ4v) is 1.23. The number of carbonyl (C=O) groups excluding carboxylic acids is 3. The number of hydrogen-bond donors (Lipinski definition) is 1. The Bertz CT molecular complexity index is 234. The molecule has 5 heteroatoms. The van der Waals surface area contributed by atoms with E-state index in [4.69, 9.17) is 0 Å². The van der Waals surface area contributed by atoms with Crippen molar-refractivity contribution in [3.63, 3.8) is 0 Å². The molecule has 2 amide bonds. The van der Waals surface area contributed by atoms with Gasteiger partial charge in [0.05, 0.1) is 13.1 Å². The summed E-state index contributed by atoms with van der Waals surface area (Å²) in [7, 11) is 1.64. The van der Waals surface area contributed by atoms with Crippen LogP contribution in [0.25, 0.3) is 0 Å². The van der Waals surface area contributed by atoms with Crippen molar-refractivity contribution < 1.29 is 14.4 Å². The van der Waals surface area contributed by atoms with Crippen LogP contribution < -0.4 is 5.32 Å². The summed E-state index contributed by atoms with van der Waals surface area (Å²) in [6, 6.07) is 0. The van der Waals surface area contributed by atoms with Gasteiger partial charge >= 0.3 is 0 Å². The molecular weight excluding hydrogens is 172 g/mol. The van der Waals surface area contributed by atoms with E-state index < -0.39 is 0 Å². The highest BCUT2D eigenvalue weighted by Gasteiger charge is 2.29. The number of Topliss-reactive ketones (excluding diaryl/α,β-unsaturated/α-hetero) is 1. The summed E-state index contributed by atoms with van der Waals surface area (Å²) < 4.78 is 0. The van der Waals surface area contributed by atoms with Crippen LogP contribution in [-0.2, 0) is 14.4 Å². The maximum atomic E-state index is 11.1. The standard InChI is InChI=1S/C8H12N2O3/c1-9-4-6(11)5-10-7(12)2-3-8(10)13/h9H,2-5H2,1H3. The second-order valence-electron chi connectivity index (χ2n) is 2.94. The smallest absolute Gasteiger partial charge is 0.230 e. The number of nitrogens with zero attached hydrogens (tertiary/aromatic N) is 1. The summed E-state index contributed by atoms with van der Waals surface area (Å²) in [5, 5.41) is 2.67. The molecule has 0 aliphatic carbocycles. The van der Waals surface area contributed by atoms with E-state index in [-0.39, 0.29) is 43.5 Å². The van der Waals surface area contributed by atoms with E-state index in [0.717, 1.165) is 4.90 Å². The van der Waals surface area contributed by atoms with Crippen LogP contribution in [-0.4, -0.2) is 42.6 Å². The Labute approximate surface area is 76.1 Å². The molecule has 1 heterocycles. The highest BCUT2D eigenvalue weighted by Crippen LogP contribution is 2.10. The number of amides is 2. The third-order valence-corrected chi connectivity index (χ3v) is 1.86. The van der Waals surface area contributed by atoms with Gasteiger partial charge in [0.1, 0.15) is 0 Å². The minimum Gasteiger partial charge on any atom is -0.313 e. The molecule has 1 N–H and O–H groups in total. The van der Waals surface area contributed by atoms with Crippen LogP contribution in [0.15, 0.2) is 0 Å². The minimum absolute atomic E-state index is 0.0848.